The van der Waals surface area contributed by atoms with E-state index < -0.39 is 0 Å². The van der Waals surface area contributed by atoms with Crippen LogP contribution in [0.15, 0.2) is 0 Å². The van der Waals surface area contributed by atoms with Crippen LogP contribution in [0.5, 0.6) is 0 Å². The molecule has 17 heavy (non-hydrogen) atoms. The van der Waals surface area contributed by atoms with Gasteiger partial charge in [0.1, 0.15) is 0 Å². The zero-order valence-electron chi connectivity index (χ0n) is 11.4. The fourth-order valence-electron chi connectivity index (χ4n) is 2.60. The Morgan fingerprint density at radius 3 is 2.76 bits per heavy atom. The number of hydrogen-bond acceptors (Lipinski definition) is 2. The van der Waals surface area contributed by atoms with E-state index >= 15 is 0 Å². The molecule has 1 N–H and O–H groups in total. The second kappa shape index (κ2) is 8.76. The lowest BCUT2D eigenvalue weighted by molar-refractivity contribution is -0.138. The van der Waals surface area contributed by atoms with Gasteiger partial charge in [-0.1, -0.05) is 20.3 Å². The SMILES string of the molecule is CCCC1CCCCN1C(=O)C(C)CNC.Cl. The van der Waals surface area contributed by atoms with Gasteiger partial charge in [0.05, 0.1) is 0 Å². The quantitative estimate of drug-likeness (QED) is 0.826. The van der Waals surface area contributed by atoms with Crippen molar-refractivity contribution in [3.05, 3.63) is 0 Å². The van der Waals surface area contributed by atoms with Crippen molar-refractivity contribution in [2.45, 2.75) is 52.0 Å². The molecule has 0 aromatic heterocycles. The van der Waals surface area contributed by atoms with Gasteiger partial charge in [-0.2, -0.15) is 0 Å². The van der Waals surface area contributed by atoms with Crippen LogP contribution in [0.4, 0.5) is 0 Å². The summed E-state index contributed by atoms with van der Waals surface area (Å²) in [6, 6.07) is 0.505. The Balaban J connectivity index is 0.00000256. The molecular formula is C13H27ClN2O. The molecule has 0 aliphatic carbocycles. The van der Waals surface area contributed by atoms with E-state index in [0.717, 1.165) is 19.5 Å². The molecule has 0 aromatic rings. The molecular weight excluding hydrogens is 236 g/mol. The van der Waals surface area contributed by atoms with Gasteiger partial charge in [-0.25, -0.2) is 0 Å². The standard InChI is InChI=1S/C13H26N2O.ClH/c1-4-7-12-8-5-6-9-15(12)13(16)11(2)10-14-3;/h11-12,14H,4-10H2,1-3H3;1H. The normalized spacial score (nSPS) is 21.8. The minimum Gasteiger partial charge on any atom is -0.339 e. The summed E-state index contributed by atoms with van der Waals surface area (Å²) in [6.45, 7) is 5.98. The minimum absolute atomic E-state index is 0. The van der Waals surface area contributed by atoms with Gasteiger partial charge in [0.2, 0.25) is 5.91 Å². The van der Waals surface area contributed by atoms with Crippen molar-refractivity contribution >= 4 is 18.3 Å². The van der Waals surface area contributed by atoms with Gasteiger partial charge in [-0.05, 0) is 32.7 Å². The van der Waals surface area contributed by atoms with Crippen LogP contribution in [0.25, 0.3) is 0 Å². The van der Waals surface area contributed by atoms with Gasteiger partial charge in [-0.3, -0.25) is 4.79 Å². The minimum atomic E-state index is 0. The van der Waals surface area contributed by atoms with Crippen molar-refractivity contribution in [2.75, 3.05) is 20.1 Å². The topological polar surface area (TPSA) is 32.3 Å². The average Bonchev–Trinajstić information content (AvgIpc) is 2.29. The second-order valence-electron chi connectivity index (χ2n) is 4.93. The van der Waals surface area contributed by atoms with E-state index in [1.165, 1.54) is 25.7 Å². The lowest BCUT2D eigenvalue weighted by Gasteiger charge is -2.37. The van der Waals surface area contributed by atoms with E-state index in [2.05, 4.69) is 17.1 Å². The molecule has 0 bridgehead atoms. The van der Waals surface area contributed by atoms with Crippen molar-refractivity contribution in [1.29, 1.82) is 0 Å². The van der Waals surface area contributed by atoms with Crippen LogP contribution in [0.2, 0.25) is 0 Å². The molecule has 1 fully saturated rings. The number of amides is 1. The van der Waals surface area contributed by atoms with Crippen LogP contribution in [-0.2, 0) is 4.79 Å². The van der Waals surface area contributed by atoms with Crippen LogP contribution < -0.4 is 5.32 Å². The first-order valence-corrected chi connectivity index (χ1v) is 6.65. The Morgan fingerprint density at radius 2 is 2.18 bits per heavy atom. The number of carbonyl (C=O) groups is 1. The zero-order valence-corrected chi connectivity index (χ0v) is 12.2. The van der Waals surface area contributed by atoms with Crippen LogP contribution in [0.1, 0.15) is 46.0 Å². The van der Waals surface area contributed by atoms with Gasteiger partial charge in [0, 0.05) is 25.0 Å². The van der Waals surface area contributed by atoms with Crippen molar-refractivity contribution in [3.8, 4) is 0 Å². The molecule has 1 heterocycles. The molecule has 3 nitrogen and oxygen atoms in total. The van der Waals surface area contributed by atoms with E-state index in [4.69, 9.17) is 0 Å². The lowest BCUT2D eigenvalue weighted by Crippen LogP contribution is -2.47. The number of likely N-dealkylation sites (tertiary alicyclic amines) is 1. The molecule has 1 amide bonds. The van der Waals surface area contributed by atoms with Crippen molar-refractivity contribution in [1.82, 2.24) is 10.2 Å². The Kier molecular flexibility index (Phi) is 8.61. The van der Waals surface area contributed by atoms with Gasteiger partial charge in [0.15, 0.2) is 0 Å². The van der Waals surface area contributed by atoms with Gasteiger partial charge in [-0.15, -0.1) is 12.4 Å². The number of rotatable bonds is 5. The van der Waals surface area contributed by atoms with E-state index in [0.29, 0.717) is 11.9 Å². The third-order valence-corrected chi connectivity index (χ3v) is 3.46. The van der Waals surface area contributed by atoms with E-state index in [1.54, 1.807) is 0 Å². The fourth-order valence-corrected chi connectivity index (χ4v) is 2.60. The predicted molar refractivity (Wildman–Crippen MR) is 74.6 cm³/mol. The summed E-state index contributed by atoms with van der Waals surface area (Å²) in [7, 11) is 1.91. The Hall–Kier alpha value is -0.280. The molecule has 1 rings (SSSR count). The van der Waals surface area contributed by atoms with E-state index in [1.807, 2.05) is 14.0 Å². The van der Waals surface area contributed by atoms with Crippen molar-refractivity contribution < 1.29 is 4.79 Å². The molecule has 1 saturated heterocycles. The van der Waals surface area contributed by atoms with E-state index in [-0.39, 0.29) is 18.3 Å². The highest BCUT2D eigenvalue weighted by Gasteiger charge is 2.28. The molecule has 2 unspecified atom stereocenters. The number of nitrogens with one attached hydrogen (secondary N) is 1. The number of carbonyl (C=O) groups excluding carboxylic acids is 1. The Bertz CT molecular complexity index is 221. The maximum absolute atomic E-state index is 12.3. The molecule has 0 radical (unpaired) electrons. The van der Waals surface area contributed by atoms with Crippen molar-refractivity contribution in [3.63, 3.8) is 0 Å². The summed E-state index contributed by atoms with van der Waals surface area (Å²) in [5, 5.41) is 3.09. The Morgan fingerprint density at radius 1 is 1.47 bits per heavy atom. The first-order valence-electron chi connectivity index (χ1n) is 6.65. The van der Waals surface area contributed by atoms with Gasteiger partial charge in [0.25, 0.3) is 0 Å². The molecule has 102 valence electrons. The largest absolute Gasteiger partial charge is 0.339 e. The number of piperidine rings is 1. The average molecular weight is 263 g/mol. The smallest absolute Gasteiger partial charge is 0.226 e. The monoisotopic (exact) mass is 262 g/mol. The van der Waals surface area contributed by atoms with Gasteiger partial charge >= 0.3 is 0 Å². The molecule has 0 saturated carbocycles. The van der Waals surface area contributed by atoms with Gasteiger partial charge < -0.3 is 10.2 Å². The fraction of sp³-hybridized carbons (Fsp3) is 0.923. The molecule has 1 aliphatic rings. The highest BCUT2D eigenvalue weighted by atomic mass is 35.5. The van der Waals surface area contributed by atoms with Crippen molar-refractivity contribution in [2.24, 2.45) is 5.92 Å². The number of halogens is 1. The van der Waals surface area contributed by atoms with Crippen LogP contribution in [0, 0.1) is 5.92 Å². The maximum Gasteiger partial charge on any atom is 0.226 e. The summed E-state index contributed by atoms with van der Waals surface area (Å²) in [4.78, 5) is 14.4. The number of nitrogens with zero attached hydrogens (tertiary/aromatic N) is 1. The summed E-state index contributed by atoms with van der Waals surface area (Å²) in [5.41, 5.74) is 0. The first-order chi connectivity index (χ1) is 7.70. The highest BCUT2D eigenvalue weighted by Crippen LogP contribution is 2.22. The van der Waals surface area contributed by atoms with E-state index in [9.17, 15) is 4.79 Å². The summed E-state index contributed by atoms with van der Waals surface area (Å²) in [5.74, 6) is 0.454. The molecule has 1 aliphatic heterocycles. The van der Waals surface area contributed by atoms with Crippen LogP contribution in [0.3, 0.4) is 0 Å². The molecule has 0 aromatic carbocycles. The highest BCUT2D eigenvalue weighted by molar-refractivity contribution is 5.85. The maximum atomic E-state index is 12.3. The predicted octanol–water partition coefficient (Wildman–Crippen LogP) is 2.44. The first kappa shape index (κ1) is 16.7. The van der Waals surface area contributed by atoms with Crippen LogP contribution >= 0.6 is 12.4 Å². The molecule has 2 atom stereocenters. The zero-order chi connectivity index (χ0) is 12.0. The van der Waals surface area contributed by atoms with Crippen LogP contribution in [-0.4, -0.2) is 37.0 Å². The summed E-state index contributed by atoms with van der Waals surface area (Å²) in [6.07, 6.45) is 6.01. The molecule has 0 spiro atoms. The summed E-state index contributed by atoms with van der Waals surface area (Å²) < 4.78 is 0. The number of hydrogen-bond donors (Lipinski definition) is 1. The third-order valence-electron chi connectivity index (χ3n) is 3.46. The lowest BCUT2D eigenvalue weighted by atomic mass is 9.96. The second-order valence-corrected chi connectivity index (χ2v) is 4.93. The third kappa shape index (κ3) is 4.84. The Labute approximate surface area is 112 Å². The summed E-state index contributed by atoms with van der Waals surface area (Å²) >= 11 is 0. The molecule has 4 heteroatoms.